The maximum absolute atomic E-state index is 13.6. The number of methoxy groups -OCH3 is 1. The molecule has 2 saturated heterocycles. The SMILES string of the molecule is COc1ccc(-n2nccn2)c(C(=O)N2CC[C@H]3CN(c4cc(C)cc(C)n4)[C@H]3C2)c1. The van der Waals surface area contributed by atoms with Gasteiger partial charge in [0.1, 0.15) is 11.6 Å². The lowest BCUT2D eigenvalue weighted by Crippen LogP contribution is -2.65. The van der Waals surface area contributed by atoms with Gasteiger partial charge in [-0.05, 0) is 56.2 Å². The molecule has 2 aromatic heterocycles. The van der Waals surface area contributed by atoms with Gasteiger partial charge in [-0.2, -0.15) is 15.0 Å². The third kappa shape index (κ3) is 3.52. The Hall–Kier alpha value is -3.42. The number of ether oxygens (including phenoxy) is 1. The molecule has 0 N–H and O–H groups in total. The Morgan fingerprint density at radius 2 is 1.90 bits per heavy atom. The van der Waals surface area contributed by atoms with E-state index in [-0.39, 0.29) is 5.91 Å². The van der Waals surface area contributed by atoms with E-state index in [0.29, 0.717) is 35.5 Å². The fraction of sp³-hybridized carbons (Fsp3) is 0.391. The number of anilines is 1. The molecule has 1 aromatic carbocycles. The zero-order chi connectivity index (χ0) is 21.5. The third-order valence-corrected chi connectivity index (χ3v) is 6.29. The van der Waals surface area contributed by atoms with Crippen molar-refractivity contribution in [1.82, 2.24) is 24.9 Å². The number of pyridine rings is 1. The number of piperidine rings is 1. The Morgan fingerprint density at radius 3 is 2.65 bits per heavy atom. The second-order valence-corrected chi connectivity index (χ2v) is 8.37. The van der Waals surface area contributed by atoms with E-state index in [1.807, 2.05) is 24.0 Å². The van der Waals surface area contributed by atoms with E-state index in [1.54, 1.807) is 25.6 Å². The maximum Gasteiger partial charge on any atom is 0.256 e. The summed E-state index contributed by atoms with van der Waals surface area (Å²) in [4.78, 5) is 24.1. The molecule has 0 radical (unpaired) electrons. The summed E-state index contributed by atoms with van der Waals surface area (Å²) in [6.45, 7) is 6.56. The number of carbonyl (C=O) groups is 1. The van der Waals surface area contributed by atoms with Gasteiger partial charge in [-0.3, -0.25) is 4.79 Å². The minimum absolute atomic E-state index is 0.0233. The predicted molar refractivity (Wildman–Crippen MR) is 117 cm³/mol. The van der Waals surface area contributed by atoms with Crippen molar-refractivity contribution < 1.29 is 9.53 Å². The van der Waals surface area contributed by atoms with Crippen LogP contribution < -0.4 is 9.64 Å². The Labute approximate surface area is 181 Å². The average Bonchev–Trinajstić information content (AvgIpc) is 3.28. The van der Waals surface area contributed by atoms with E-state index in [4.69, 9.17) is 9.72 Å². The largest absolute Gasteiger partial charge is 0.497 e. The fourth-order valence-corrected chi connectivity index (χ4v) is 4.71. The zero-order valence-corrected chi connectivity index (χ0v) is 18.0. The van der Waals surface area contributed by atoms with Gasteiger partial charge in [0.2, 0.25) is 0 Å². The van der Waals surface area contributed by atoms with Crippen LogP contribution in [0.25, 0.3) is 5.69 Å². The van der Waals surface area contributed by atoms with Crippen LogP contribution in [-0.2, 0) is 0 Å². The van der Waals surface area contributed by atoms with E-state index in [1.165, 1.54) is 10.4 Å². The van der Waals surface area contributed by atoms with Crippen LogP contribution in [0.15, 0.2) is 42.7 Å². The summed E-state index contributed by atoms with van der Waals surface area (Å²) in [5, 5.41) is 8.43. The van der Waals surface area contributed by atoms with Crippen LogP contribution >= 0.6 is 0 Å². The Balaban J connectivity index is 1.41. The Bertz CT molecular complexity index is 1090. The smallest absolute Gasteiger partial charge is 0.256 e. The molecule has 5 rings (SSSR count). The Morgan fingerprint density at radius 1 is 1.10 bits per heavy atom. The molecule has 8 nitrogen and oxygen atoms in total. The molecule has 2 atom stereocenters. The molecular weight excluding hydrogens is 392 g/mol. The first-order valence-electron chi connectivity index (χ1n) is 10.6. The fourth-order valence-electron chi connectivity index (χ4n) is 4.71. The second-order valence-electron chi connectivity index (χ2n) is 8.37. The van der Waals surface area contributed by atoms with Gasteiger partial charge in [0.25, 0.3) is 5.91 Å². The summed E-state index contributed by atoms with van der Waals surface area (Å²) in [6.07, 6.45) is 4.21. The van der Waals surface area contributed by atoms with Crippen LogP contribution in [0, 0.1) is 19.8 Å². The zero-order valence-electron chi connectivity index (χ0n) is 18.0. The first-order chi connectivity index (χ1) is 15.0. The first kappa shape index (κ1) is 19.5. The molecule has 2 fully saturated rings. The van der Waals surface area contributed by atoms with Crippen LogP contribution in [0.3, 0.4) is 0 Å². The highest BCUT2D eigenvalue weighted by Crippen LogP contribution is 2.37. The van der Waals surface area contributed by atoms with Gasteiger partial charge < -0.3 is 14.5 Å². The van der Waals surface area contributed by atoms with Gasteiger partial charge in [-0.1, -0.05) is 0 Å². The lowest BCUT2D eigenvalue weighted by Gasteiger charge is -2.54. The molecule has 2 aliphatic heterocycles. The summed E-state index contributed by atoms with van der Waals surface area (Å²) in [6, 6.07) is 9.94. The third-order valence-electron chi connectivity index (χ3n) is 6.29. The van der Waals surface area contributed by atoms with Gasteiger partial charge in [0.05, 0.1) is 36.8 Å². The molecule has 3 aromatic rings. The molecule has 4 heterocycles. The molecule has 1 amide bonds. The standard InChI is InChI=1S/C23H26N6O2/c1-15-10-16(2)26-22(11-15)28-13-17-6-9-27(14-21(17)28)23(30)19-12-18(31-3)4-5-20(19)29-24-7-8-25-29/h4-5,7-8,10-12,17,21H,6,9,13-14H2,1-3H3/t17-,21-/m0/s1. The average molecular weight is 419 g/mol. The van der Waals surface area contributed by atoms with E-state index in [0.717, 1.165) is 31.0 Å². The minimum Gasteiger partial charge on any atom is -0.497 e. The number of nitrogens with zero attached hydrogens (tertiary/aromatic N) is 6. The number of hydrogen-bond donors (Lipinski definition) is 0. The number of aryl methyl sites for hydroxylation is 2. The van der Waals surface area contributed by atoms with Crippen molar-refractivity contribution in [1.29, 1.82) is 0 Å². The van der Waals surface area contributed by atoms with E-state index < -0.39 is 0 Å². The number of benzene rings is 1. The lowest BCUT2D eigenvalue weighted by molar-refractivity contribution is 0.0590. The van der Waals surface area contributed by atoms with Gasteiger partial charge in [0, 0.05) is 31.2 Å². The lowest BCUT2D eigenvalue weighted by atomic mass is 9.82. The van der Waals surface area contributed by atoms with E-state index in [2.05, 4.69) is 34.2 Å². The number of rotatable bonds is 4. The molecule has 0 unspecified atom stereocenters. The predicted octanol–water partition coefficient (Wildman–Crippen LogP) is 2.64. The first-order valence-corrected chi connectivity index (χ1v) is 10.6. The summed E-state index contributed by atoms with van der Waals surface area (Å²) in [5.74, 6) is 2.23. The summed E-state index contributed by atoms with van der Waals surface area (Å²) in [5.41, 5.74) is 3.43. The minimum atomic E-state index is -0.0233. The van der Waals surface area contributed by atoms with Crippen LogP contribution in [0.4, 0.5) is 5.82 Å². The van der Waals surface area contributed by atoms with Gasteiger partial charge >= 0.3 is 0 Å². The van der Waals surface area contributed by atoms with Crippen molar-refractivity contribution in [3.8, 4) is 11.4 Å². The van der Waals surface area contributed by atoms with Gasteiger partial charge in [-0.15, -0.1) is 0 Å². The number of hydrogen-bond acceptors (Lipinski definition) is 6. The number of amides is 1. The van der Waals surface area contributed by atoms with Crippen LogP contribution in [0.5, 0.6) is 5.75 Å². The molecule has 0 saturated carbocycles. The quantitative estimate of drug-likeness (QED) is 0.648. The monoisotopic (exact) mass is 418 g/mol. The number of likely N-dealkylation sites (tertiary alicyclic amines) is 1. The molecule has 0 bridgehead atoms. The van der Waals surface area contributed by atoms with Crippen molar-refractivity contribution >= 4 is 11.7 Å². The number of fused-ring (bicyclic) bond motifs is 1. The second kappa shape index (κ2) is 7.68. The number of aromatic nitrogens is 4. The molecule has 2 aliphatic rings. The molecule has 0 spiro atoms. The summed E-state index contributed by atoms with van der Waals surface area (Å²) in [7, 11) is 1.60. The highest BCUT2D eigenvalue weighted by Gasteiger charge is 2.44. The van der Waals surface area contributed by atoms with Gasteiger partial charge in [0.15, 0.2) is 0 Å². The van der Waals surface area contributed by atoms with E-state index >= 15 is 0 Å². The van der Waals surface area contributed by atoms with Crippen molar-refractivity contribution in [2.45, 2.75) is 26.3 Å². The molecule has 31 heavy (non-hydrogen) atoms. The summed E-state index contributed by atoms with van der Waals surface area (Å²) >= 11 is 0. The normalized spacial score (nSPS) is 20.2. The van der Waals surface area contributed by atoms with Gasteiger partial charge in [-0.25, -0.2) is 4.98 Å². The highest BCUT2D eigenvalue weighted by molar-refractivity contribution is 5.98. The molecular formula is C23H26N6O2. The topological polar surface area (TPSA) is 76.4 Å². The highest BCUT2D eigenvalue weighted by atomic mass is 16.5. The summed E-state index contributed by atoms with van der Waals surface area (Å²) < 4.78 is 5.37. The van der Waals surface area contributed by atoms with E-state index in [9.17, 15) is 4.79 Å². The van der Waals surface area contributed by atoms with Crippen LogP contribution in [-0.4, -0.2) is 63.6 Å². The van der Waals surface area contributed by atoms with Crippen LogP contribution in [0.1, 0.15) is 28.0 Å². The van der Waals surface area contributed by atoms with Crippen molar-refractivity contribution in [2.75, 3.05) is 31.6 Å². The van der Waals surface area contributed by atoms with Crippen molar-refractivity contribution in [3.05, 3.63) is 59.5 Å². The Kier molecular flexibility index (Phi) is 4.84. The molecule has 160 valence electrons. The maximum atomic E-state index is 13.6. The number of carbonyl (C=O) groups excluding carboxylic acids is 1. The van der Waals surface area contributed by atoms with Crippen molar-refractivity contribution in [3.63, 3.8) is 0 Å². The van der Waals surface area contributed by atoms with Crippen LogP contribution in [0.2, 0.25) is 0 Å². The molecule has 8 heteroatoms. The van der Waals surface area contributed by atoms with Crippen molar-refractivity contribution in [2.24, 2.45) is 5.92 Å². The molecule has 0 aliphatic carbocycles.